The monoisotopic (exact) mass is 541 g/mol. The Balaban J connectivity index is 1.28. The molecule has 5 aromatic rings. The number of carbonyl (C=O) groups excluding carboxylic acids is 2. The van der Waals surface area contributed by atoms with Crippen LogP contribution in [0.15, 0.2) is 60.9 Å². The average molecular weight is 541 g/mol. The van der Waals surface area contributed by atoms with E-state index in [0.717, 1.165) is 23.6 Å². The molecule has 2 aromatic carbocycles. The summed E-state index contributed by atoms with van der Waals surface area (Å²) >= 11 is 1.14. The van der Waals surface area contributed by atoms with E-state index in [2.05, 4.69) is 25.5 Å². The summed E-state index contributed by atoms with van der Waals surface area (Å²) in [6.07, 6.45) is -1.69. The van der Waals surface area contributed by atoms with Crippen LogP contribution in [0.2, 0.25) is 0 Å². The summed E-state index contributed by atoms with van der Waals surface area (Å²) in [5.74, 6) is -1.43. The van der Waals surface area contributed by atoms with Crippen molar-refractivity contribution in [2.75, 3.05) is 5.32 Å². The van der Waals surface area contributed by atoms with Gasteiger partial charge in [-0.3, -0.25) is 14.7 Å². The van der Waals surface area contributed by atoms with Crippen molar-refractivity contribution in [1.82, 2.24) is 20.2 Å². The van der Waals surface area contributed by atoms with Gasteiger partial charge in [0.25, 0.3) is 0 Å². The zero-order chi connectivity index (χ0) is 26.9. The molecule has 0 spiro atoms. The Kier molecular flexibility index (Phi) is 6.59. The smallest absolute Gasteiger partial charge is 0.435 e. The number of hydrogen-bond acceptors (Lipinski definition) is 7. The van der Waals surface area contributed by atoms with Crippen LogP contribution in [0.4, 0.5) is 22.7 Å². The number of aromatic nitrogens is 4. The summed E-state index contributed by atoms with van der Waals surface area (Å²) in [4.78, 5) is 31.9. The summed E-state index contributed by atoms with van der Waals surface area (Å²) in [6, 6.07) is 11.6. The van der Waals surface area contributed by atoms with E-state index >= 15 is 0 Å². The molecule has 0 atom stereocenters. The quantitative estimate of drug-likeness (QED) is 0.193. The topological polar surface area (TPSA) is 110 Å². The maximum absolute atomic E-state index is 14.6. The normalized spacial score (nSPS) is 11.5. The number of amides is 1. The number of fused-ring (bicyclic) bond motifs is 1. The minimum Gasteiger partial charge on any atom is -0.435 e. The lowest BCUT2D eigenvalue weighted by molar-refractivity contribution is -0.140. The van der Waals surface area contributed by atoms with Crippen molar-refractivity contribution in [3.05, 3.63) is 83.6 Å². The number of nitrogens with zero attached hydrogens (tertiary/aromatic N) is 3. The van der Waals surface area contributed by atoms with Crippen molar-refractivity contribution in [3.63, 3.8) is 0 Å². The van der Waals surface area contributed by atoms with Crippen molar-refractivity contribution in [3.8, 4) is 22.8 Å². The van der Waals surface area contributed by atoms with Gasteiger partial charge in [-0.15, -0.1) is 0 Å². The average Bonchev–Trinajstić information content (AvgIpc) is 3.52. The molecule has 8 nitrogen and oxygen atoms in total. The molecule has 0 bridgehead atoms. The number of hydrogen-bond donors (Lipinski definition) is 2. The molecule has 0 aliphatic rings. The first-order valence-corrected chi connectivity index (χ1v) is 11.7. The number of rotatable bonds is 7. The van der Waals surface area contributed by atoms with E-state index < -0.39 is 23.6 Å². The van der Waals surface area contributed by atoms with Crippen LogP contribution in [0.5, 0.6) is 11.6 Å². The lowest BCUT2D eigenvalue weighted by Gasteiger charge is -2.09. The molecule has 0 fully saturated rings. The van der Waals surface area contributed by atoms with Gasteiger partial charge in [-0.2, -0.15) is 18.3 Å². The zero-order valence-electron chi connectivity index (χ0n) is 19.0. The van der Waals surface area contributed by atoms with E-state index in [4.69, 9.17) is 4.74 Å². The molecule has 3 heterocycles. The molecule has 0 aliphatic heterocycles. The third kappa shape index (κ3) is 5.22. The number of anilines is 1. The Hall–Kier alpha value is -4.65. The molecule has 3 aromatic heterocycles. The van der Waals surface area contributed by atoms with E-state index in [-0.39, 0.29) is 39.9 Å². The predicted molar refractivity (Wildman–Crippen MR) is 131 cm³/mol. The first-order chi connectivity index (χ1) is 18.2. The van der Waals surface area contributed by atoms with Gasteiger partial charge < -0.3 is 10.1 Å². The number of carbonyl (C=O) groups is 2. The van der Waals surface area contributed by atoms with E-state index in [9.17, 15) is 27.2 Å². The van der Waals surface area contributed by atoms with Gasteiger partial charge in [0.1, 0.15) is 0 Å². The van der Waals surface area contributed by atoms with Crippen LogP contribution < -0.4 is 10.1 Å². The molecule has 13 heteroatoms. The van der Waals surface area contributed by atoms with Gasteiger partial charge in [-0.1, -0.05) is 23.5 Å². The number of alkyl halides is 3. The number of halogens is 4. The maximum atomic E-state index is 14.6. The fraction of sp³-hybridized carbons (Fsp3) is 0.0800. The van der Waals surface area contributed by atoms with E-state index in [1.165, 1.54) is 36.5 Å². The van der Waals surface area contributed by atoms with E-state index in [0.29, 0.717) is 22.1 Å². The Morgan fingerprint density at radius 3 is 2.76 bits per heavy atom. The van der Waals surface area contributed by atoms with Gasteiger partial charge in [0.05, 0.1) is 22.2 Å². The lowest BCUT2D eigenvalue weighted by atomic mass is 10.1. The number of aldehydes is 1. The van der Waals surface area contributed by atoms with Crippen molar-refractivity contribution < 1.29 is 31.9 Å². The van der Waals surface area contributed by atoms with Crippen LogP contribution in [-0.4, -0.2) is 32.4 Å². The Morgan fingerprint density at radius 2 is 2.00 bits per heavy atom. The highest BCUT2D eigenvalue weighted by molar-refractivity contribution is 7.22. The molecule has 0 saturated carbocycles. The van der Waals surface area contributed by atoms with Crippen molar-refractivity contribution in [1.29, 1.82) is 0 Å². The van der Waals surface area contributed by atoms with Crippen LogP contribution in [0, 0.1) is 5.82 Å². The Morgan fingerprint density at radius 1 is 1.16 bits per heavy atom. The number of aromatic amines is 1. The number of H-pyrrole nitrogens is 1. The number of ether oxygens (including phenoxy) is 1. The van der Waals surface area contributed by atoms with Gasteiger partial charge in [0, 0.05) is 18.0 Å². The molecule has 0 saturated heterocycles. The van der Waals surface area contributed by atoms with Gasteiger partial charge in [0.2, 0.25) is 11.8 Å². The number of thiazole rings is 1. The SMILES string of the molecule is O=Cc1cccnc1Oc1ccc(CC(=O)Nc2nc3cc(-c4c[nH]nc4C(F)(F)F)ccc3s2)cc1F. The Labute approximate surface area is 215 Å². The second-order valence-electron chi connectivity index (χ2n) is 7.95. The van der Waals surface area contributed by atoms with Crippen LogP contribution in [0.3, 0.4) is 0 Å². The largest absolute Gasteiger partial charge is 0.435 e. The minimum absolute atomic E-state index is 0.0479. The van der Waals surface area contributed by atoms with Gasteiger partial charge in [0.15, 0.2) is 28.7 Å². The molecule has 1 amide bonds. The van der Waals surface area contributed by atoms with E-state index in [1.54, 1.807) is 12.1 Å². The molecule has 192 valence electrons. The minimum atomic E-state index is -4.62. The van der Waals surface area contributed by atoms with Crippen molar-refractivity contribution >= 4 is 38.9 Å². The van der Waals surface area contributed by atoms with Crippen LogP contribution in [-0.2, 0) is 17.4 Å². The van der Waals surface area contributed by atoms with Gasteiger partial charge in [-0.05, 0) is 47.5 Å². The highest BCUT2D eigenvalue weighted by Gasteiger charge is 2.36. The first kappa shape index (κ1) is 25.0. The molecular weight excluding hydrogens is 526 g/mol. The summed E-state index contributed by atoms with van der Waals surface area (Å²) in [5.41, 5.74) is 0.0293. The second-order valence-corrected chi connectivity index (χ2v) is 8.98. The second kappa shape index (κ2) is 10.0. The summed E-state index contributed by atoms with van der Waals surface area (Å²) in [5, 5.41) is 8.39. The standard InChI is InChI=1S/C25H15F4N5O3S/c26-17-8-13(3-5-19(17)37-23-15(12-35)2-1-7-30-23)9-21(36)33-24-32-18-10-14(4-6-20(18)38-24)16-11-31-34-22(16)25(27,28)29/h1-8,10-12H,9H2,(H,31,34)(H,32,33,36). The van der Waals surface area contributed by atoms with Gasteiger partial charge >= 0.3 is 6.18 Å². The highest BCUT2D eigenvalue weighted by Crippen LogP contribution is 2.37. The van der Waals surface area contributed by atoms with Crippen molar-refractivity contribution in [2.24, 2.45) is 0 Å². The zero-order valence-corrected chi connectivity index (χ0v) is 19.9. The highest BCUT2D eigenvalue weighted by atomic mass is 32.1. The molecule has 2 N–H and O–H groups in total. The molecule has 38 heavy (non-hydrogen) atoms. The molecule has 0 unspecified atom stereocenters. The first-order valence-electron chi connectivity index (χ1n) is 10.9. The third-order valence-electron chi connectivity index (χ3n) is 5.35. The molecule has 0 radical (unpaired) electrons. The predicted octanol–water partition coefficient (Wildman–Crippen LogP) is 6.03. The molecular formula is C25H15F4N5O3S. The summed E-state index contributed by atoms with van der Waals surface area (Å²) in [6.45, 7) is 0. The fourth-order valence-electron chi connectivity index (χ4n) is 3.64. The number of pyridine rings is 1. The van der Waals surface area contributed by atoms with Crippen LogP contribution >= 0.6 is 11.3 Å². The third-order valence-corrected chi connectivity index (χ3v) is 6.30. The van der Waals surface area contributed by atoms with Gasteiger partial charge in [-0.25, -0.2) is 14.4 Å². The molecule has 0 aliphatic carbocycles. The van der Waals surface area contributed by atoms with Crippen molar-refractivity contribution in [2.45, 2.75) is 12.6 Å². The molecule has 5 rings (SSSR count). The van der Waals surface area contributed by atoms with E-state index in [1.807, 2.05) is 0 Å². The lowest BCUT2D eigenvalue weighted by Crippen LogP contribution is -2.14. The number of nitrogens with one attached hydrogen (secondary N) is 2. The Bertz CT molecular complexity index is 1660. The summed E-state index contributed by atoms with van der Waals surface area (Å²) < 4.78 is 60.2. The fourth-order valence-corrected chi connectivity index (χ4v) is 4.51. The maximum Gasteiger partial charge on any atom is 0.435 e. The number of benzene rings is 2. The summed E-state index contributed by atoms with van der Waals surface area (Å²) in [7, 11) is 0. The van der Waals surface area contributed by atoms with Crippen LogP contribution in [0.1, 0.15) is 21.6 Å². The van der Waals surface area contributed by atoms with Crippen LogP contribution in [0.25, 0.3) is 21.3 Å².